The van der Waals surface area contributed by atoms with Crippen LogP contribution in [-0.2, 0) is 17.6 Å². The number of nitrogens with two attached hydrogens (primary N) is 1. The summed E-state index contributed by atoms with van der Waals surface area (Å²) in [5, 5.41) is 18.7. The minimum absolute atomic E-state index is 0.00212. The number of para-hydroxylation sites is 1. The Morgan fingerprint density at radius 1 is 1.27 bits per heavy atom. The summed E-state index contributed by atoms with van der Waals surface area (Å²) in [6, 6.07) is 15.5. The minimum atomic E-state index is 0.00212. The van der Waals surface area contributed by atoms with Crippen molar-refractivity contribution in [2.45, 2.75) is 19.3 Å². The Morgan fingerprint density at radius 2 is 2.08 bits per heavy atom. The third kappa shape index (κ3) is 4.10. The van der Waals surface area contributed by atoms with Gasteiger partial charge in [-0.3, -0.25) is 4.79 Å². The lowest BCUT2D eigenvalue weighted by molar-refractivity contribution is -0.120. The van der Waals surface area contributed by atoms with Crippen LogP contribution in [0.15, 0.2) is 47.8 Å². The maximum atomic E-state index is 11.9. The topological polar surface area (TPSA) is 96.7 Å². The van der Waals surface area contributed by atoms with E-state index < -0.39 is 0 Å². The number of carbonyl (C=O) groups is 1. The van der Waals surface area contributed by atoms with Gasteiger partial charge in [-0.15, -0.1) is 11.3 Å². The summed E-state index contributed by atoms with van der Waals surface area (Å²) in [5.41, 5.74) is 7.96. The summed E-state index contributed by atoms with van der Waals surface area (Å²) in [6.07, 6.45) is 1.67. The summed E-state index contributed by atoms with van der Waals surface area (Å²) in [4.78, 5) is 12.9. The monoisotopic (exact) mass is 365 g/mol. The second-order valence-electron chi connectivity index (χ2n) is 5.78. The van der Waals surface area contributed by atoms with E-state index in [2.05, 4.69) is 16.5 Å². The van der Waals surface area contributed by atoms with Crippen molar-refractivity contribution in [1.29, 1.82) is 5.26 Å². The highest BCUT2D eigenvalue weighted by molar-refractivity contribution is 7.10. The standard InChI is InChI=1S/C19H19N5OS/c20-13-16-17(23-24(19(16)21)14-6-2-1-3-7-14)9-4-10-22-18(25)12-15-8-5-11-26-15/h1-3,5-8,11H,4,9-10,12,21H2,(H,22,25). The van der Waals surface area contributed by atoms with Gasteiger partial charge in [-0.25, -0.2) is 4.68 Å². The molecule has 0 saturated carbocycles. The molecule has 0 bridgehead atoms. The molecule has 0 fully saturated rings. The first-order chi connectivity index (χ1) is 12.7. The van der Waals surface area contributed by atoms with Gasteiger partial charge in [-0.2, -0.15) is 10.4 Å². The van der Waals surface area contributed by atoms with Crippen molar-refractivity contribution in [2.75, 3.05) is 12.3 Å². The number of aryl methyl sites for hydroxylation is 1. The van der Waals surface area contributed by atoms with E-state index in [1.165, 1.54) is 0 Å². The lowest BCUT2D eigenvalue weighted by atomic mass is 10.1. The van der Waals surface area contributed by atoms with Crippen molar-refractivity contribution < 1.29 is 4.79 Å². The molecule has 2 aromatic heterocycles. The molecule has 0 unspecified atom stereocenters. The Balaban J connectivity index is 1.58. The molecule has 3 aromatic rings. The Hall–Kier alpha value is -3.11. The molecular weight excluding hydrogens is 346 g/mol. The fraction of sp³-hybridized carbons (Fsp3) is 0.211. The predicted octanol–water partition coefficient (Wildman–Crippen LogP) is 2.68. The fourth-order valence-corrected chi connectivity index (χ4v) is 3.36. The molecule has 1 amide bonds. The van der Waals surface area contributed by atoms with Crippen LogP contribution in [0.25, 0.3) is 5.69 Å². The van der Waals surface area contributed by atoms with Gasteiger partial charge in [0, 0.05) is 11.4 Å². The third-order valence-electron chi connectivity index (χ3n) is 3.93. The molecule has 6 nitrogen and oxygen atoms in total. The Labute approximate surface area is 155 Å². The molecule has 3 rings (SSSR count). The zero-order valence-corrected chi connectivity index (χ0v) is 15.0. The second-order valence-corrected chi connectivity index (χ2v) is 6.81. The quantitative estimate of drug-likeness (QED) is 0.629. The molecule has 26 heavy (non-hydrogen) atoms. The third-order valence-corrected chi connectivity index (χ3v) is 4.81. The Morgan fingerprint density at radius 3 is 2.77 bits per heavy atom. The van der Waals surface area contributed by atoms with Crippen LogP contribution in [0.4, 0.5) is 5.82 Å². The summed E-state index contributed by atoms with van der Waals surface area (Å²) in [5.74, 6) is 0.345. The second kappa shape index (κ2) is 8.32. The summed E-state index contributed by atoms with van der Waals surface area (Å²) < 4.78 is 1.59. The first kappa shape index (κ1) is 17.7. The molecule has 0 radical (unpaired) electrons. The molecule has 1 aromatic carbocycles. The van der Waals surface area contributed by atoms with Gasteiger partial charge in [0.2, 0.25) is 5.91 Å². The highest BCUT2D eigenvalue weighted by Crippen LogP contribution is 2.21. The van der Waals surface area contributed by atoms with Gasteiger partial charge in [0.05, 0.1) is 17.8 Å². The number of nitrogens with one attached hydrogen (secondary N) is 1. The number of nitrogen functional groups attached to an aromatic ring is 1. The molecular formula is C19H19N5OS. The summed E-state index contributed by atoms with van der Waals surface area (Å²) in [7, 11) is 0. The van der Waals surface area contributed by atoms with E-state index in [0.717, 1.165) is 10.6 Å². The van der Waals surface area contributed by atoms with Crippen molar-refractivity contribution in [3.63, 3.8) is 0 Å². The Bertz CT molecular complexity index is 910. The number of hydrogen-bond donors (Lipinski definition) is 2. The van der Waals surface area contributed by atoms with Crippen LogP contribution >= 0.6 is 11.3 Å². The van der Waals surface area contributed by atoms with Gasteiger partial charge in [0.25, 0.3) is 0 Å². The number of amides is 1. The summed E-state index contributed by atoms with van der Waals surface area (Å²) in [6.45, 7) is 0.535. The van der Waals surface area contributed by atoms with Crippen LogP contribution in [0.1, 0.15) is 22.6 Å². The number of nitrogens with zero attached hydrogens (tertiary/aromatic N) is 3. The SMILES string of the molecule is N#Cc1c(CCCNC(=O)Cc2cccs2)nn(-c2ccccc2)c1N. The van der Waals surface area contributed by atoms with Crippen LogP contribution in [0.2, 0.25) is 0 Å². The normalized spacial score (nSPS) is 10.4. The highest BCUT2D eigenvalue weighted by Gasteiger charge is 2.16. The van der Waals surface area contributed by atoms with Crippen molar-refractivity contribution in [2.24, 2.45) is 0 Å². The van der Waals surface area contributed by atoms with Gasteiger partial charge in [-0.05, 0) is 36.4 Å². The van der Waals surface area contributed by atoms with E-state index >= 15 is 0 Å². The average molecular weight is 365 g/mol. The van der Waals surface area contributed by atoms with Crippen molar-refractivity contribution in [3.8, 4) is 11.8 Å². The molecule has 0 aliphatic heterocycles. The number of aromatic nitrogens is 2. The molecule has 2 heterocycles. The number of carbonyl (C=O) groups excluding carboxylic acids is 1. The van der Waals surface area contributed by atoms with Crippen LogP contribution in [0.5, 0.6) is 0 Å². The molecule has 7 heteroatoms. The number of hydrogen-bond acceptors (Lipinski definition) is 5. The zero-order chi connectivity index (χ0) is 18.4. The van der Waals surface area contributed by atoms with E-state index in [1.54, 1.807) is 16.0 Å². The maximum Gasteiger partial charge on any atom is 0.225 e. The van der Waals surface area contributed by atoms with E-state index in [-0.39, 0.29) is 5.91 Å². The molecule has 0 atom stereocenters. The van der Waals surface area contributed by atoms with Gasteiger partial charge >= 0.3 is 0 Å². The molecule has 0 aliphatic rings. The number of rotatable bonds is 7. The van der Waals surface area contributed by atoms with Crippen molar-refractivity contribution >= 4 is 23.1 Å². The van der Waals surface area contributed by atoms with Crippen LogP contribution in [0.3, 0.4) is 0 Å². The van der Waals surface area contributed by atoms with E-state index in [4.69, 9.17) is 5.73 Å². The smallest absolute Gasteiger partial charge is 0.225 e. The molecule has 0 aliphatic carbocycles. The lowest BCUT2D eigenvalue weighted by Crippen LogP contribution is -2.26. The predicted molar refractivity (Wildman–Crippen MR) is 102 cm³/mol. The van der Waals surface area contributed by atoms with Gasteiger partial charge in [0.1, 0.15) is 17.5 Å². The van der Waals surface area contributed by atoms with Crippen LogP contribution < -0.4 is 11.1 Å². The van der Waals surface area contributed by atoms with Crippen molar-refractivity contribution in [3.05, 3.63) is 64.0 Å². The lowest BCUT2D eigenvalue weighted by Gasteiger charge is -2.03. The van der Waals surface area contributed by atoms with Crippen LogP contribution in [-0.4, -0.2) is 22.2 Å². The van der Waals surface area contributed by atoms with E-state index in [9.17, 15) is 10.1 Å². The zero-order valence-electron chi connectivity index (χ0n) is 14.2. The van der Waals surface area contributed by atoms with Crippen molar-refractivity contribution in [1.82, 2.24) is 15.1 Å². The average Bonchev–Trinajstić information content (AvgIpc) is 3.27. The van der Waals surface area contributed by atoms with Crippen LogP contribution in [0, 0.1) is 11.3 Å². The van der Waals surface area contributed by atoms with E-state index in [0.29, 0.717) is 42.9 Å². The Kier molecular flexibility index (Phi) is 5.66. The number of benzene rings is 1. The number of nitriles is 1. The molecule has 0 saturated heterocycles. The summed E-state index contributed by atoms with van der Waals surface area (Å²) >= 11 is 1.57. The van der Waals surface area contributed by atoms with Gasteiger partial charge in [-0.1, -0.05) is 24.3 Å². The minimum Gasteiger partial charge on any atom is -0.382 e. The van der Waals surface area contributed by atoms with Gasteiger partial charge < -0.3 is 11.1 Å². The fourth-order valence-electron chi connectivity index (χ4n) is 2.66. The molecule has 3 N–H and O–H groups in total. The molecule has 0 spiro atoms. The van der Waals surface area contributed by atoms with Gasteiger partial charge in [0.15, 0.2) is 0 Å². The largest absolute Gasteiger partial charge is 0.382 e. The highest BCUT2D eigenvalue weighted by atomic mass is 32.1. The molecule has 132 valence electrons. The first-order valence-corrected chi connectivity index (χ1v) is 9.19. The number of anilines is 1. The number of thiophene rings is 1. The maximum absolute atomic E-state index is 11.9. The van der Waals surface area contributed by atoms with E-state index in [1.807, 2.05) is 47.8 Å². The first-order valence-electron chi connectivity index (χ1n) is 8.31.